The fourth-order valence-corrected chi connectivity index (χ4v) is 3.20. The maximum Gasteiger partial charge on any atom is 0.251 e. The van der Waals surface area contributed by atoms with Crippen molar-refractivity contribution in [3.05, 3.63) is 66.4 Å². The molecule has 0 bridgehead atoms. The first-order valence-electron chi connectivity index (χ1n) is 8.91. The summed E-state index contributed by atoms with van der Waals surface area (Å²) in [5, 5.41) is 10.8. The topological polar surface area (TPSA) is 72.7 Å². The van der Waals surface area contributed by atoms with E-state index in [1.54, 1.807) is 56.0 Å². The molecule has 0 atom stereocenters. The maximum absolute atomic E-state index is 14.6. The average Bonchev–Trinajstić information content (AvgIpc) is 3.17. The van der Waals surface area contributed by atoms with Crippen LogP contribution in [-0.2, 0) is 6.54 Å². The number of benzene rings is 2. The van der Waals surface area contributed by atoms with Crippen LogP contribution in [0.4, 0.5) is 4.39 Å². The molecule has 0 radical (unpaired) electrons. The van der Waals surface area contributed by atoms with Gasteiger partial charge >= 0.3 is 0 Å². The van der Waals surface area contributed by atoms with Gasteiger partial charge in [-0.05, 0) is 42.3 Å². The van der Waals surface area contributed by atoms with Crippen LogP contribution in [0.3, 0.4) is 0 Å². The van der Waals surface area contributed by atoms with Crippen molar-refractivity contribution in [3.63, 3.8) is 0 Å². The molecular formula is C21H18FN5O. The van der Waals surface area contributed by atoms with Gasteiger partial charge in [-0.1, -0.05) is 18.2 Å². The summed E-state index contributed by atoms with van der Waals surface area (Å²) in [7, 11) is 1.56. The number of aryl methyl sites for hydroxylation is 1. The van der Waals surface area contributed by atoms with Crippen LogP contribution in [0.2, 0.25) is 0 Å². The highest BCUT2D eigenvalue weighted by Crippen LogP contribution is 2.31. The molecule has 140 valence electrons. The van der Waals surface area contributed by atoms with E-state index in [1.165, 1.54) is 6.07 Å². The molecule has 1 N–H and O–H groups in total. The molecule has 4 rings (SSSR count). The molecule has 1 amide bonds. The molecule has 0 spiro atoms. The predicted molar refractivity (Wildman–Crippen MR) is 105 cm³/mol. The molecule has 4 aromatic rings. The van der Waals surface area contributed by atoms with Gasteiger partial charge in [-0.3, -0.25) is 4.79 Å². The first-order valence-corrected chi connectivity index (χ1v) is 8.91. The molecule has 2 aromatic carbocycles. The summed E-state index contributed by atoms with van der Waals surface area (Å²) in [6, 6.07) is 11.7. The molecule has 0 fully saturated rings. The largest absolute Gasteiger partial charge is 0.355 e. The number of carbonyl (C=O) groups excluding carboxylic acids is 1. The minimum atomic E-state index is -0.366. The molecule has 0 aliphatic heterocycles. The molecule has 0 saturated carbocycles. The van der Waals surface area contributed by atoms with Crippen molar-refractivity contribution < 1.29 is 9.18 Å². The Labute approximate surface area is 161 Å². The number of imidazole rings is 1. The van der Waals surface area contributed by atoms with Gasteiger partial charge in [-0.2, -0.15) is 5.10 Å². The minimum Gasteiger partial charge on any atom is -0.355 e. The Kier molecular flexibility index (Phi) is 4.57. The lowest BCUT2D eigenvalue weighted by Gasteiger charge is -2.09. The van der Waals surface area contributed by atoms with Gasteiger partial charge in [0.2, 0.25) is 0 Å². The Morgan fingerprint density at radius 3 is 2.75 bits per heavy atom. The third-order valence-corrected chi connectivity index (χ3v) is 4.69. The summed E-state index contributed by atoms with van der Waals surface area (Å²) in [5.74, 6) is -0.585. The van der Waals surface area contributed by atoms with Crippen LogP contribution < -0.4 is 5.32 Å². The third-order valence-electron chi connectivity index (χ3n) is 4.69. The first-order chi connectivity index (χ1) is 13.6. The molecule has 6 nitrogen and oxygen atoms in total. The minimum absolute atomic E-state index is 0.219. The van der Waals surface area contributed by atoms with Crippen LogP contribution in [0.25, 0.3) is 33.4 Å². The molecular weight excluding hydrogens is 357 g/mol. The van der Waals surface area contributed by atoms with Gasteiger partial charge < -0.3 is 9.88 Å². The smallest absolute Gasteiger partial charge is 0.251 e. The Balaban J connectivity index is 1.85. The fourth-order valence-electron chi connectivity index (χ4n) is 3.20. The van der Waals surface area contributed by atoms with Crippen molar-refractivity contribution in [2.24, 2.45) is 0 Å². The van der Waals surface area contributed by atoms with Crippen LogP contribution in [-0.4, -0.2) is 32.7 Å². The molecule has 0 unspecified atom stereocenters. The predicted octanol–water partition coefficient (Wildman–Crippen LogP) is 3.68. The quantitative estimate of drug-likeness (QED) is 0.591. The van der Waals surface area contributed by atoms with Gasteiger partial charge in [0.15, 0.2) is 5.65 Å². The zero-order valence-electron chi connectivity index (χ0n) is 15.5. The Morgan fingerprint density at radius 2 is 1.96 bits per heavy atom. The van der Waals surface area contributed by atoms with Crippen LogP contribution in [0.1, 0.15) is 17.3 Å². The van der Waals surface area contributed by atoms with E-state index in [0.717, 1.165) is 17.7 Å². The third kappa shape index (κ3) is 3.00. The van der Waals surface area contributed by atoms with E-state index in [9.17, 15) is 9.18 Å². The highest BCUT2D eigenvalue weighted by atomic mass is 19.1. The van der Waals surface area contributed by atoms with Crippen molar-refractivity contribution in [2.75, 3.05) is 7.05 Å². The highest BCUT2D eigenvalue weighted by Gasteiger charge is 2.14. The SMILES string of the molecule is CCn1cnc2c(-c3ccc(F)c(-c4cccc(C(=O)NC)c4)c3)cnnc21. The summed E-state index contributed by atoms with van der Waals surface area (Å²) in [5.41, 5.74) is 4.46. The first kappa shape index (κ1) is 17.8. The standard InChI is InChI=1S/C21H18FN5O/c1-3-27-12-24-19-17(11-25-26-20(19)27)14-7-8-18(22)16(10-14)13-5-4-6-15(9-13)21(28)23-2/h4-12H,3H2,1-2H3,(H,23,28). The van der Waals surface area contributed by atoms with Crippen molar-refractivity contribution in [1.82, 2.24) is 25.1 Å². The Bertz CT molecular complexity index is 1180. The zero-order valence-corrected chi connectivity index (χ0v) is 15.5. The Morgan fingerprint density at radius 1 is 1.14 bits per heavy atom. The maximum atomic E-state index is 14.6. The van der Waals surface area contributed by atoms with Crippen molar-refractivity contribution in [1.29, 1.82) is 0 Å². The average molecular weight is 375 g/mol. The number of nitrogens with zero attached hydrogens (tertiary/aromatic N) is 4. The Hall–Kier alpha value is -3.61. The van der Waals surface area contributed by atoms with E-state index in [1.807, 2.05) is 11.5 Å². The van der Waals surface area contributed by atoms with Crippen LogP contribution in [0.15, 0.2) is 55.0 Å². The lowest BCUT2D eigenvalue weighted by atomic mass is 9.97. The van der Waals surface area contributed by atoms with Gasteiger partial charge in [0.25, 0.3) is 5.91 Å². The number of rotatable bonds is 4. The number of hydrogen-bond donors (Lipinski definition) is 1. The van der Waals surface area contributed by atoms with Crippen molar-refractivity contribution in [2.45, 2.75) is 13.5 Å². The molecule has 0 aliphatic rings. The van der Waals surface area contributed by atoms with Crippen LogP contribution >= 0.6 is 0 Å². The normalized spacial score (nSPS) is 11.0. The number of fused-ring (bicyclic) bond motifs is 1. The van der Waals surface area contributed by atoms with Gasteiger partial charge in [-0.25, -0.2) is 9.37 Å². The van der Waals surface area contributed by atoms with E-state index >= 15 is 0 Å². The van der Waals surface area contributed by atoms with E-state index in [4.69, 9.17) is 0 Å². The summed E-state index contributed by atoms with van der Waals surface area (Å²) in [6.07, 6.45) is 3.35. The molecule has 2 heterocycles. The molecule has 2 aromatic heterocycles. The summed E-state index contributed by atoms with van der Waals surface area (Å²) < 4.78 is 16.5. The molecule has 0 saturated heterocycles. The molecule has 28 heavy (non-hydrogen) atoms. The molecule has 0 aliphatic carbocycles. The number of halogens is 1. The van der Waals surface area contributed by atoms with Crippen molar-refractivity contribution in [3.8, 4) is 22.3 Å². The van der Waals surface area contributed by atoms with Gasteiger partial charge in [0.1, 0.15) is 11.3 Å². The van der Waals surface area contributed by atoms with Gasteiger partial charge in [0.05, 0.1) is 12.5 Å². The van der Waals surface area contributed by atoms with E-state index in [0.29, 0.717) is 27.9 Å². The fraction of sp³-hybridized carbons (Fsp3) is 0.143. The number of aromatic nitrogens is 4. The molecule has 7 heteroatoms. The second-order valence-electron chi connectivity index (χ2n) is 6.32. The van der Waals surface area contributed by atoms with Gasteiger partial charge in [0, 0.05) is 30.3 Å². The van der Waals surface area contributed by atoms with E-state index in [2.05, 4.69) is 20.5 Å². The lowest BCUT2D eigenvalue weighted by Crippen LogP contribution is -2.17. The lowest BCUT2D eigenvalue weighted by molar-refractivity contribution is 0.0963. The van der Waals surface area contributed by atoms with E-state index in [-0.39, 0.29) is 11.7 Å². The summed E-state index contributed by atoms with van der Waals surface area (Å²) >= 11 is 0. The highest BCUT2D eigenvalue weighted by molar-refractivity contribution is 5.95. The zero-order chi connectivity index (χ0) is 19.7. The number of carbonyl (C=O) groups is 1. The van der Waals surface area contributed by atoms with E-state index < -0.39 is 0 Å². The summed E-state index contributed by atoms with van der Waals surface area (Å²) in [4.78, 5) is 16.4. The second-order valence-corrected chi connectivity index (χ2v) is 6.32. The number of nitrogens with one attached hydrogen (secondary N) is 1. The number of amides is 1. The second kappa shape index (κ2) is 7.19. The number of hydrogen-bond acceptors (Lipinski definition) is 4. The van der Waals surface area contributed by atoms with Crippen molar-refractivity contribution >= 4 is 17.1 Å². The van der Waals surface area contributed by atoms with Crippen LogP contribution in [0.5, 0.6) is 0 Å². The monoisotopic (exact) mass is 375 g/mol. The summed E-state index contributed by atoms with van der Waals surface area (Å²) in [6.45, 7) is 2.74. The van der Waals surface area contributed by atoms with Gasteiger partial charge in [-0.15, -0.1) is 5.10 Å². The van der Waals surface area contributed by atoms with Crippen LogP contribution in [0, 0.1) is 5.82 Å².